The van der Waals surface area contributed by atoms with Gasteiger partial charge in [0.1, 0.15) is 0 Å². The molecule has 0 fully saturated rings. The van der Waals surface area contributed by atoms with Gasteiger partial charge in [-0.1, -0.05) is 0 Å². The third-order valence-electron chi connectivity index (χ3n) is 6.28. The second-order valence-electron chi connectivity index (χ2n) is 11.1. The molecular formula is C27H35Li. The van der Waals surface area contributed by atoms with Gasteiger partial charge in [-0.3, -0.25) is 0 Å². The van der Waals surface area contributed by atoms with Crippen LogP contribution in [-0.2, 0) is 10.8 Å². The first-order valence-corrected chi connectivity index (χ1v) is 10.8. The van der Waals surface area contributed by atoms with Gasteiger partial charge in [0.2, 0.25) is 0 Å². The molecule has 0 aromatic heterocycles. The maximum absolute atomic E-state index is 2.47. The molecule has 1 aliphatic carbocycles. The van der Waals surface area contributed by atoms with Gasteiger partial charge >= 0.3 is 182 Å². The number of allylic oxidation sites excluding steroid dienone is 1. The third kappa shape index (κ3) is 4.05. The number of hydrogen-bond donors (Lipinski definition) is 0. The summed E-state index contributed by atoms with van der Waals surface area (Å²) in [7, 11) is 0. The molecule has 1 aliphatic rings. The fourth-order valence-corrected chi connectivity index (χ4v) is 4.37. The summed E-state index contributed by atoms with van der Waals surface area (Å²) < 4.78 is 0.515. The molecule has 0 spiro atoms. The second-order valence-corrected chi connectivity index (χ2v) is 11.1. The van der Waals surface area contributed by atoms with Gasteiger partial charge in [-0.05, 0) is 0 Å². The normalized spacial score (nSPS) is 17.1. The summed E-state index contributed by atoms with van der Waals surface area (Å²) in [5.74, 6) is 0.585. The Balaban J connectivity index is 2.30. The average Bonchev–Trinajstić information content (AvgIpc) is 2.89. The van der Waals surface area contributed by atoms with Gasteiger partial charge in [0.05, 0.1) is 0 Å². The van der Waals surface area contributed by atoms with Crippen molar-refractivity contribution in [3.05, 3.63) is 63.7 Å². The Morgan fingerprint density at radius 2 is 1.36 bits per heavy atom. The van der Waals surface area contributed by atoms with Gasteiger partial charge in [-0.15, -0.1) is 0 Å². The third-order valence-corrected chi connectivity index (χ3v) is 6.28. The number of aryl methyl sites for hydroxylation is 1. The van der Waals surface area contributed by atoms with Crippen LogP contribution in [0.1, 0.15) is 87.8 Å². The zero-order chi connectivity index (χ0) is 21.0. The Morgan fingerprint density at radius 1 is 0.821 bits per heavy atom. The van der Waals surface area contributed by atoms with Crippen molar-refractivity contribution in [2.75, 3.05) is 0 Å². The van der Waals surface area contributed by atoms with Crippen LogP contribution in [0.2, 0.25) is 0 Å². The van der Waals surface area contributed by atoms with E-state index in [1.165, 1.54) is 38.9 Å². The standard InChI is InChI=1S/C27H35.Li/c1-17(2)19-12-20-10-18(3)11-24(25(20)15-19)21-13-22(26(4,5)6)16-23(14-21)27(7,8)9;/h10-17H,1-9H3;. The van der Waals surface area contributed by atoms with E-state index < -0.39 is 0 Å². The predicted octanol–water partition coefficient (Wildman–Crippen LogP) is 7.52. The molecule has 0 nitrogen and oxygen atoms in total. The molecule has 0 bridgehead atoms. The quantitative estimate of drug-likeness (QED) is 0.482. The van der Waals surface area contributed by atoms with Crippen LogP contribution in [0.15, 0.2) is 35.9 Å². The first kappa shape index (κ1) is 21.5. The summed E-state index contributed by atoms with van der Waals surface area (Å²) in [5.41, 5.74) is 11.7. The fraction of sp³-hybridized carbons (Fsp3) is 0.481. The Morgan fingerprint density at radius 3 is 1.82 bits per heavy atom. The van der Waals surface area contributed by atoms with Crippen molar-refractivity contribution in [1.29, 1.82) is 0 Å². The minimum atomic E-state index is 0.134. The Labute approximate surface area is 182 Å². The molecule has 0 heterocycles. The van der Waals surface area contributed by atoms with E-state index in [1.807, 2.05) is 0 Å². The summed E-state index contributed by atoms with van der Waals surface area (Å²) >= 11 is 2.37. The van der Waals surface area contributed by atoms with Crippen molar-refractivity contribution in [2.24, 2.45) is 5.92 Å². The molecule has 0 saturated carbocycles. The van der Waals surface area contributed by atoms with E-state index in [2.05, 4.69) is 116 Å². The monoisotopic (exact) mass is 366 g/mol. The van der Waals surface area contributed by atoms with Crippen LogP contribution in [0.5, 0.6) is 0 Å². The molecule has 1 unspecified atom stereocenters. The van der Waals surface area contributed by atoms with Gasteiger partial charge in [0, 0.05) is 0 Å². The minimum absolute atomic E-state index is 0.134. The Hall–Kier alpha value is -1.22. The van der Waals surface area contributed by atoms with Crippen LogP contribution < -0.4 is 0 Å². The average molecular weight is 367 g/mol. The zero-order valence-electron chi connectivity index (χ0n) is 19.6. The molecule has 1 heteroatoms. The molecule has 0 saturated heterocycles. The SMILES string of the molecule is [Li][CH]1C(C(C)C)=Cc2c(-c3cc(C(C)(C)C)cc(C(C)(C)C)c3)cc(C)cc21. The fourth-order valence-electron chi connectivity index (χ4n) is 4.37. The van der Waals surface area contributed by atoms with Gasteiger partial charge in [-0.2, -0.15) is 0 Å². The van der Waals surface area contributed by atoms with Crippen LogP contribution in [0, 0.1) is 12.8 Å². The van der Waals surface area contributed by atoms with Crippen molar-refractivity contribution >= 4 is 23.8 Å². The summed E-state index contributed by atoms with van der Waals surface area (Å²) in [6, 6.07) is 12.1. The van der Waals surface area contributed by atoms with Crippen molar-refractivity contribution in [1.82, 2.24) is 0 Å². The summed E-state index contributed by atoms with van der Waals surface area (Å²) in [6.07, 6.45) is 2.47. The Bertz CT molecular complexity index is 898. The zero-order valence-corrected chi connectivity index (χ0v) is 19.6. The number of rotatable bonds is 2. The van der Waals surface area contributed by atoms with Crippen LogP contribution in [0.3, 0.4) is 0 Å². The molecule has 28 heavy (non-hydrogen) atoms. The number of benzene rings is 2. The van der Waals surface area contributed by atoms with E-state index in [9.17, 15) is 0 Å². The van der Waals surface area contributed by atoms with Crippen molar-refractivity contribution in [2.45, 2.75) is 77.7 Å². The summed E-state index contributed by atoms with van der Waals surface area (Å²) in [5, 5.41) is 0. The molecule has 2 aromatic carbocycles. The van der Waals surface area contributed by atoms with Crippen molar-refractivity contribution in [3.8, 4) is 11.1 Å². The Kier molecular flexibility index (Phi) is 5.55. The van der Waals surface area contributed by atoms with E-state index in [-0.39, 0.29) is 10.8 Å². The molecule has 1 atom stereocenters. The number of hydrogen-bond acceptors (Lipinski definition) is 0. The molecular weight excluding hydrogens is 331 g/mol. The van der Waals surface area contributed by atoms with Gasteiger partial charge in [0.25, 0.3) is 0 Å². The van der Waals surface area contributed by atoms with Gasteiger partial charge in [-0.25, -0.2) is 0 Å². The van der Waals surface area contributed by atoms with Crippen molar-refractivity contribution < 1.29 is 0 Å². The van der Waals surface area contributed by atoms with Crippen LogP contribution in [-0.4, -0.2) is 17.7 Å². The molecule has 0 N–H and O–H groups in total. The number of fused-ring (bicyclic) bond motifs is 1. The molecule has 144 valence electrons. The first-order chi connectivity index (χ1) is 12.8. The van der Waals surface area contributed by atoms with Crippen LogP contribution in [0.25, 0.3) is 17.2 Å². The maximum atomic E-state index is 2.47. The van der Waals surface area contributed by atoms with E-state index in [0.29, 0.717) is 10.5 Å². The van der Waals surface area contributed by atoms with E-state index >= 15 is 0 Å². The van der Waals surface area contributed by atoms with Crippen LogP contribution in [0.4, 0.5) is 0 Å². The predicted molar refractivity (Wildman–Crippen MR) is 125 cm³/mol. The molecule has 0 radical (unpaired) electrons. The topological polar surface area (TPSA) is 0 Å². The molecule has 3 rings (SSSR count). The molecule has 0 aliphatic heterocycles. The van der Waals surface area contributed by atoms with E-state index in [4.69, 9.17) is 0 Å². The van der Waals surface area contributed by atoms with Crippen LogP contribution >= 0.6 is 0 Å². The summed E-state index contributed by atoms with van der Waals surface area (Å²) in [4.78, 5) is 0. The van der Waals surface area contributed by atoms with Gasteiger partial charge < -0.3 is 0 Å². The second kappa shape index (κ2) is 7.23. The van der Waals surface area contributed by atoms with Gasteiger partial charge in [0.15, 0.2) is 0 Å². The first-order valence-electron chi connectivity index (χ1n) is 10.8. The van der Waals surface area contributed by atoms with Crippen molar-refractivity contribution in [3.63, 3.8) is 0 Å². The summed E-state index contributed by atoms with van der Waals surface area (Å²) in [6.45, 7) is 20.8. The van der Waals surface area contributed by atoms with E-state index in [0.717, 1.165) is 0 Å². The molecule has 0 amide bonds. The van der Waals surface area contributed by atoms with E-state index in [1.54, 1.807) is 5.57 Å². The molecule has 2 aromatic rings.